The van der Waals surface area contributed by atoms with Gasteiger partial charge < -0.3 is 33.1 Å². The first-order valence-electron chi connectivity index (χ1n) is 8.14. The average molecular weight is 369 g/mol. The molecule has 0 bridgehead atoms. The molecule has 0 fully saturated rings. The molecule has 6 heteroatoms. The molecule has 1 radical (unpaired) electrons. The third-order valence-corrected chi connectivity index (χ3v) is 2.71. The molecule has 0 atom stereocenters. The third kappa shape index (κ3) is 69.9. The van der Waals surface area contributed by atoms with Crippen molar-refractivity contribution in [3.05, 3.63) is 13.8 Å². The molecule has 0 aromatic carbocycles. The Hall–Kier alpha value is 0.824. The molecule has 0 aliphatic carbocycles. The van der Waals surface area contributed by atoms with Crippen molar-refractivity contribution in [2.45, 2.75) is 90.9 Å². The van der Waals surface area contributed by atoms with Crippen molar-refractivity contribution in [1.29, 1.82) is 0 Å². The standard InChI is InChI=1S/2C8H17.H3O4P.Ti/c2*1-3-5-7-8-6-4-2;1-5(2,3)4;/h2*1,3-8H2,2H3;(H3,1,2,3,4);/q2*-1;;+3/p-3. The van der Waals surface area contributed by atoms with Crippen molar-refractivity contribution in [2.24, 2.45) is 0 Å². The first-order chi connectivity index (χ1) is 9.83. The summed E-state index contributed by atoms with van der Waals surface area (Å²) in [6.45, 7) is 12.0. The Kier molecular flexibility index (Phi) is 37.2. The molecule has 0 spiro atoms. The molecule has 0 saturated carbocycles. The maximum Gasteiger partial charge on any atom is 3.00 e. The quantitative estimate of drug-likeness (QED) is 0.255. The molecule has 22 heavy (non-hydrogen) atoms. The normalized spacial score (nSPS) is 9.77. The summed E-state index contributed by atoms with van der Waals surface area (Å²) in [5.41, 5.74) is 0. The number of phosphoric acid groups is 1. The van der Waals surface area contributed by atoms with Crippen LogP contribution in [-0.4, -0.2) is 0 Å². The van der Waals surface area contributed by atoms with E-state index in [9.17, 15) is 0 Å². The van der Waals surface area contributed by atoms with Gasteiger partial charge in [0.05, 0.1) is 0 Å². The van der Waals surface area contributed by atoms with Crippen molar-refractivity contribution in [1.82, 2.24) is 0 Å². The third-order valence-electron chi connectivity index (χ3n) is 2.71. The van der Waals surface area contributed by atoms with Gasteiger partial charge in [-0.25, -0.2) is 0 Å². The van der Waals surface area contributed by atoms with E-state index in [-0.39, 0.29) is 21.7 Å². The molecule has 4 nitrogen and oxygen atoms in total. The van der Waals surface area contributed by atoms with Gasteiger partial charge in [0.1, 0.15) is 0 Å². The zero-order chi connectivity index (χ0) is 17.0. The zero-order valence-corrected chi connectivity index (χ0v) is 16.9. The van der Waals surface area contributed by atoms with Gasteiger partial charge in [0.15, 0.2) is 0 Å². The van der Waals surface area contributed by atoms with Gasteiger partial charge in [0.2, 0.25) is 0 Å². The van der Waals surface area contributed by atoms with Gasteiger partial charge in [0.25, 0.3) is 0 Å². The molecule has 0 aliphatic heterocycles. The van der Waals surface area contributed by atoms with Crippen LogP contribution in [0.2, 0.25) is 0 Å². The fraction of sp³-hybridized carbons (Fsp3) is 0.875. The van der Waals surface area contributed by atoms with E-state index in [1.165, 1.54) is 64.2 Å². The van der Waals surface area contributed by atoms with E-state index in [2.05, 4.69) is 27.7 Å². The van der Waals surface area contributed by atoms with Gasteiger partial charge in [0, 0.05) is 0 Å². The van der Waals surface area contributed by atoms with Gasteiger partial charge >= 0.3 is 21.7 Å². The summed E-state index contributed by atoms with van der Waals surface area (Å²) >= 11 is 0. The summed E-state index contributed by atoms with van der Waals surface area (Å²) in [4.78, 5) is 25.6. The van der Waals surface area contributed by atoms with Gasteiger partial charge in [-0.3, -0.25) is 0 Å². The Balaban J connectivity index is -0.000000111. The van der Waals surface area contributed by atoms with Crippen molar-refractivity contribution in [2.75, 3.05) is 0 Å². The second-order valence-corrected chi connectivity index (χ2v) is 5.88. The predicted octanol–water partition coefficient (Wildman–Crippen LogP) is 3.53. The minimum absolute atomic E-state index is 0. The summed E-state index contributed by atoms with van der Waals surface area (Å²) in [6.07, 6.45) is 16.0. The Morgan fingerprint density at radius 2 is 0.909 bits per heavy atom. The summed E-state index contributed by atoms with van der Waals surface area (Å²) in [5, 5.41) is 0. The molecule has 0 unspecified atom stereocenters. The second kappa shape index (κ2) is 26.7. The minimum atomic E-state index is -5.39. The van der Waals surface area contributed by atoms with E-state index in [4.69, 9.17) is 19.2 Å². The van der Waals surface area contributed by atoms with Crippen molar-refractivity contribution < 1.29 is 41.0 Å². The average Bonchev–Trinajstić information content (AvgIpc) is 2.39. The first kappa shape index (κ1) is 30.7. The van der Waals surface area contributed by atoms with Crippen molar-refractivity contribution in [3.8, 4) is 0 Å². The summed E-state index contributed by atoms with van der Waals surface area (Å²) in [7, 11) is -5.39. The van der Waals surface area contributed by atoms with Crippen LogP contribution < -0.4 is 14.7 Å². The second-order valence-electron chi connectivity index (χ2n) is 4.98. The summed E-state index contributed by atoms with van der Waals surface area (Å²) in [6, 6.07) is 0. The van der Waals surface area contributed by atoms with Gasteiger partial charge in [-0.05, 0) is 0 Å². The fourth-order valence-corrected chi connectivity index (χ4v) is 1.56. The molecular weight excluding hydrogens is 335 g/mol. The van der Waals surface area contributed by atoms with Crippen LogP contribution in [0.25, 0.3) is 0 Å². The van der Waals surface area contributed by atoms with Crippen molar-refractivity contribution >= 4 is 7.82 Å². The molecular formula is C16H34O4PTi-2. The van der Waals surface area contributed by atoms with Crippen LogP contribution in [0, 0.1) is 13.8 Å². The van der Waals surface area contributed by atoms with Crippen LogP contribution in [0.5, 0.6) is 0 Å². The van der Waals surface area contributed by atoms with E-state index < -0.39 is 7.82 Å². The molecule has 0 N–H and O–H groups in total. The van der Waals surface area contributed by atoms with Crippen LogP contribution in [0.3, 0.4) is 0 Å². The van der Waals surface area contributed by atoms with Crippen LogP contribution in [0.15, 0.2) is 0 Å². The van der Waals surface area contributed by atoms with Crippen LogP contribution in [0.1, 0.15) is 90.9 Å². The maximum absolute atomic E-state index is 8.55. The Labute approximate surface area is 153 Å². The molecule has 0 amide bonds. The zero-order valence-electron chi connectivity index (χ0n) is 14.5. The molecule has 0 rings (SSSR count). The fourth-order valence-electron chi connectivity index (χ4n) is 1.56. The Morgan fingerprint density at radius 3 is 1.09 bits per heavy atom. The topological polar surface area (TPSA) is 86.2 Å². The molecule has 133 valence electrons. The molecule has 0 saturated heterocycles. The smallest absolute Gasteiger partial charge is 0.822 e. The van der Waals surface area contributed by atoms with E-state index >= 15 is 0 Å². The number of rotatable bonds is 10. The van der Waals surface area contributed by atoms with Crippen molar-refractivity contribution in [3.63, 3.8) is 0 Å². The van der Waals surface area contributed by atoms with Gasteiger partial charge in [-0.2, -0.15) is 20.7 Å². The number of hydrogen-bond donors (Lipinski definition) is 0. The van der Waals surface area contributed by atoms with Crippen LogP contribution in [-0.2, 0) is 26.3 Å². The van der Waals surface area contributed by atoms with Crippen LogP contribution in [0.4, 0.5) is 0 Å². The summed E-state index contributed by atoms with van der Waals surface area (Å²) in [5.74, 6) is 0. The monoisotopic (exact) mass is 369 g/mol. The maximum atomic E-state index is 8.55. The van der Waals surface area contributed by atoms with E-state index in [0.29, 0.717) is 0 Å². The SMILES string of the molecule is O=P([O-])([O-])[O-].[CH2-]CCCCCCC.[CH2-]CCCCCCC.[Ti+3]. The molecule has 0 aromatic rings. The predicted molar refractivity (Wildman–Crippen MR) is 85.1 cm³/mol. The molecule has 0 aromatic heterocycles. The minimum Gasteiger partial charge on any atom is -0.822 e. The van der Waals surface area contributed by atoms with E-state index in [1.807, 2.05) is 0 Å². The Bertz CT molecular complexity index is 178. The Morgan fingerprint density at radius 1 is 0.682 bits per heavy atom. The number of unbranched alkanes of at least 4 members (excludes halogenated alkanes) is 10. The first-order valence-corrected chi connectivity index (χ1v) is 9.61. The summed E-state index contributed by atoms with van der Waals surface area (Å²) < 4.78 is 8.55. The van der Waals surface area contributed by atoms with E-state index in [1.54, 1.807) is 0 Å². The molecule has 0 aliphatic rings. The van der Waals surface area contributed by atoms with Gasteiger partial charge in [-0.15, -0.1) is 0 Å². The van der Waals surface area contributed by atoms with Crippen LogP contribution >= 0.6 is 7.82 Å². The largest absolute Gasteiger partial charge is 3.00 e. The van der Waals surface area contributed by atoms with Gasteiger partial charge in [-0.1, -0.05) is 78.1 Å². The number of hydrogen-bond acceptors (Lipinski definition) is 4. The molecule has 0 heterocycles. The van der Waals surface area contributed by atoms with E-state index in [0.717, 1.165) is 12.8 Å².